The van der Waals surface area contributed by atoms with Gasteiger partial charge < -0.3 is 48.4 Å². The number of nitrogens with zero attached hydrogens (tertiary/aromatic N) is 12. The highest BCUT2D eigenvalue weighted by Gasteiger charge is 2.51. The fourth-order valence-electron chi connectivity index (χ4n) is 7.73. The zero-order valence-electron chi connectivity index (χ0n) is 45.7. The van der Waals surface area contributed by atoms with Crippen molar-refractivity contribution in [2.24, 2.45) is 14.1 Å². The van der Waals surface area contributed by atoms with Gasteiger partial charge >= 0.3 is 7.12 Å². The van der Waals surface area contributed by atoms with Gasteiger partial charge in [0, 0.05) is 94.3 Å². The van der Waals surface area contributed by atoms with Gasteiger partial charge in [-0.2, -0.15) is 20.2 Å². The molecule has 0 unspecified atom stereocenters. The lowest BCUT2D eigenvalue weighted by Gasteiger charge is -2.32. The zero-order valence-corrected chi connectivity index (χ0v) is 47.3. The second-order valence-corrected chi connectivity index (χ2v) is 20.0. The van der Waals surface area contributed by atoms with Gasteiger partial charge in [0.25, 0.3) is 0 Å². The lowest BCUT2D eigenvalue weighted by Crippen LogP contribution is -2.41. The molecule has 0 aliphatic carbocycles. The fourth-order valence-corrected chi connectivity index (χ4v) is 8.15. The molecule has 0 radical (unpaired) electrons. The van der Waals surface area contributed by atoms with E-state index < -0.39 is 0 Å². The largest absolute Gasteiger partial charge is 0.494 e. The van der Waals surface area contributed by atoms with E-state index in [9.17, 15) is 0 Å². The molecule has 0 spiro atoms. The van der Waals surface area contributed by atoms with Gasteiger partial charge in [0.2, 0.25) is 23.7 Å². The van der Waals surface area contributed by atoms with Crippen LogP contribution in [0.5, 0.6) is 23.3 Å². The van der Waals surface area contributed by atoms with E-state index in [1.807, 2.05) is 164 Å². The average Bonchev–Trinajstić information content (AvgIpc) is 4.31. The van der Waals surface area contributed by atoms with Gasteiger partial charge in [0.05, 0.1) is 52.7 Å². The molecule has 1 saturated heterocycles. The predicted molar refractivity (Wildman–Crippen MR) is 306 cm³/mol. The number of nitrogens with one attached hydrogen (secondary N) is 2. The number of aromatic nitrogens is 12. The maximum absolute atomic E-state index is 6.07. The summed E-state index contributed by atoms with van der Waals surface area (Å²) >= 11 is 3.43. The number of hydrogen-bond donors (Lipinski definition) is 2. The summed E-state index contributed by atoms with van der Waals surface area (Å²) in [6.07, 6.45) is 14.4. The summed E-state index contributed by atoms with van der Waals surface area (Å²) < 4.78 is 52.6. The van der Waals surface area contributed by atoms with E-state index >= 15 is 0 Å². The average molecular weight is 1150 g/mol. The van der Waals surface area contributed by atoms with E-state index in [0.717, 1.165) is 66.4 Å². The first-order valence-corrected chi connectivity index (χ1v) is 26.3. The van der Waals surface area contributed by atoms with Crippen LogP contribution in [0.1, 0.15) is 38.8 Å². The smallest absolute Gasteiger partial charge is 0.489 e. The van der Waals surface area contributed by atoms with Crippen LogP contribution in [0.15, 0.2) is 151 Å². The van der Waals surface area contributed by atoms with Crippen LogP contribution in [0.3, 0.4) is 0 Å². The summed E-state index contributed by atoms with van der Waals surface area (Å²) in [5.74, 6) is 3.74. The molecule has 0 atom stereocenters. The van der Waals surface area contributed by atoms with Crippen molar-refractivity contribution in [2.45, 2.75) is 52.1 Å². The fraction of sp³-hybridized carbons (Fsp3) is 0.286. The summed E-state index contributed by atoms with van der Waals surface area (Å²) in [4.78, 5) is 17.6. The molecule has 9 heterocycles. The number of anilines is 4. The van der Waals surface area contributed by atoms with Gasteiger partial charge in [-0.15, -0.1) is 10.2 Å². The number of ether oxygens (including phenoxy) is 6. The second-order valence-electron chi connectivity index (χ2n) is 19.2. The van der Waals surface area contributed by atoms with Crippen molar-refractivity contribution in [2.75, 3.05) is 51.3 Å². The lowest BCUT2D eigenvalue weighted by molar-refractivity contribution is 0.00578. The number of methoxy groups -OCH3 is 2. The molecule has 8 aromatic heterocycles. The third-order valence-electron chi connectivity index (χ3n) is 12.7. The monoisotopic (exact) mass is 1150 g/mol. The summed E-state index contributed by atoms with van der Waals surface area (Å²) in [5, 5.41) is 23.3. The topological polar surface area (TPSA) is 220 Å². The maximum Gasteiger partial charge on any atom is 0.494 e. The molecule has 0 bridgehead atoms. The molecule has 0 saturated carbocycles. The predicted octanol–water partition coefficient (Wildman–Crippen LogP) is 8.83. The minimum Gasteiger partial charge on any atom is -0.489 e. The van der Waals surface area contributed by atoms with Crippen molar-refractivity contribution in [1.29, 1.82) is 0 Å². The van der Waals surface area contributed by atoms with Crippen molar-refractivity contribution in [1.82, 2.24) is 58.7 Å². The normalized spacial score (nSPS) is 13.3. The van der Waals surface area contributed by atoms with Crippen LogP contribution in [0.4, 0.5) is 23.3 Å². The second kappa shape index (κ2) is 26.0. The molecule has 1 aliphatic rings. The minimum atomic E-state index is -0.367. The molecule has 10 aromatic rings. The first-order chi connectivity index (χ1) is 38.7. The standard InChI is InChI=1S/C25H25N7O3.C21H28BNO5.C10H9BrN6/c1-31-16-20(15-27-31)28-25-29-24-22(4-3-11-32(24)30-25)19-6-8-21(9-7-19)35-17-18-5-10-23(26-14-18)34-13-12-33-2;1-20(2)21(3,4)28-22(27-20)17-7-9-18(10-8-17)26-15-16-6-11-19(23-14-16)25-13-12-24-5;1-16-6-7(5-12-16)13-10-14-9-8(11)3-2-4-17(9)15-10/h3-11,14-16H,12-13,17H2,1-2H3,(H,28,30);6-11,14H,12-13,15H2,1-5H3;2-6H,1H3,(H,13,15). The molecule has 24 heteroatoms. The summed E-state index contributed by atoms with van der Waals surface area (Å²) in [7, 11) is 6.63. The molecule has 22 nitrogen and oxygen atoms in total. The van der Waals surface area contributed by atoms with E-state index in [1.165, 1.54) is 0 Å². The van der Waals surface area contributed by atoms with E-state index in [1.54, 1.807) is 57.4 Å². The third kappa shape index (κ3) is 14.8. The van der Waals surface area contributed by atoms with E-state index in [0.29, 0.717) is 63.3 Å². The first-order valence-electron chi connectivity index (χ1n) is 25.5. The minimum absolute atomic E-state index is 0.348. The highest BCUT2D eigenvalue weighted by atomic mass is 79.9. The van der Waals surface area contributed by atoms with Crippen LogP contribution in [0.2, 0.25) is 0 Å². The molecule has 414 valence electrons. The number of fused-ring (bicyclic) bond motifs is 2. The molecular formula is C56H62BBrN14O8. The van der Waals surface area contributed by atoms with Crippen molar-refractivity contribution >= 4 is 63.1 Å². The highest BCUT2D eigenvalue weighted by Crippen LogP contribution is 2.37. The molecule has 80 heavy (non-hydrogen) atoms. The number of halogens is 1. The third-order valence-corrected chi connectivity index (χ3v) is 13.3. The van der Waals surface area contributed by atoms with Gasteiger partial charge in [-0.05, 0) is 115 Å². The Balaban J connectivity index is 0.000000154. The Morgan fingerprint density at radius 2 is 1.05 bits per heavy atom. The Morgan fingerprint density at radius 3 is 1.51 bits per heavy atom. The lowest BCUT2D eigenvalue weighted by atomic mass is 9.79. The van der Waals surface area contributed by atoms with E-state index in [-0.39, 0.29) is 18.3 Å². The van der Waals surface area contributed by atoms with Gasteiger partial charge in [-0.3, -0.25) is 9.36 Å². The van der Waals surface area contributed by atoms with Gasteiger partial charge in [-0.25, -0.2) is 19.0 Å². The Morgan fingerprint density at radius 1 is 0.562 bits per heavy atom. The van der Waals surface area contributed by atoms with E-state index in [2.05, 4.69) is 66.9 Å². The quantitative estimate of drug-likeness (QED) is 0.0538. The Hall–Kier alpha value is -8.42. The van der Waals surface area contributed by atoms with Gasteiger partial charge in [0.15, 0.2) is 11.3 Å². The molecule has 1 aliphatic heterocycles. The zero-order chi connectivity index (χ0) is 56.1. The van der Waals surface area contributed by atoms with Crippen LogP contribution in [-0.2, 0) is 46.1 Å². The summed E-state index contributed by atoms with van der Waals surface area (Å²) in [5.41, 5.74) is 7.41. The Kier molecular flexibility index (Phi) is 18.3. The summed E-state index contributed by atoms with van der Waals surface area (Å²) in [6, 6.07) is 31.1. The number of benzene rings is 2. The Labute approximate surface area is 471 Å². The Bertz CT molecular complexity index is 3540. The van der Waals surface area contributed by atoms with Crippen molar-refractivity contribution in [3.05, 3.63) is 162 Å². The van der Waals surface area contributed by atoms with Gasteiger partial charge in [0.1, 0.15) is 37.9 Å². The maximum atomic E-state index is 6.07. The van der Waals surface area contributed by atoms with Crippen LogP contribution >= 0.6 is 15.9 Å². The van der Waals surface area contributed by atoms with Crippen molar-refractivity contribution in [3.63, 3.8) is 0 Å². The van der Waals surface area contributed by atoms with Gasteiger partial charge in [-0.1, -0.05) is 24.3 Å². The molecular weight excluding hydrogens is 1090 g/mol. The van der Waals surface area contributed by atoms with Crippen LogP contribution in [-0.4, -0.2) is 118 Å². The number of aryl methyl sites for hydroxylation is 2. The molecule has 2 aromatic carbocycles. The van der Waals surface area contributed by atoms with E-state index in [4.69, 9.17) is 37.7 Å². The molecule has 11 rings (SSSR count). The molecule has 0 amide bonds. The number of pyridine rings is 4. The molecule has 2 N–H and O–H groups in total. The molecule has 1 fully saturated rings. The number of hydrogen-bond acceptors (Lipinski definition) is 18. The van der Waals surface area contributed by atoms with Crippen molar-refractivity contribution < 1.29 is 37.7 Å². The van der Waals surface area contributed by atoms with Crippen LogP contribution in [0, 0.1) is 0 Å². The highest BCUT2D eigenvalue weighted by molar-refractivity contribution is 9.10. The van der Waals surface area contributed by atoms with Crippen LogP contribution < -0.4 is 35.0 Å². The summed E-state index contributed by atoms with van der Waals surface area (Å²) in [6.45, 7) is 11.0. The first kappa shape index (κ1) is 56.3. The number of rotatable bonds is 20. The SMILES string of the molecule is COCCOc1ccc(COc2ccc(-c3cccn4nc(Nc5cnn(C)c5)nc34)cc2)cn1.COCCOc1ccc(COc2ccc(B3OC(C)(C)C(C)(C)O3)cc2)cn1.Cn1cc(Nc2nc3c(Br)cccn3n2)cn1. The van der Waals surface area contributed by atoms with Crippen LogP contribution in [0.25, 0.3) is 22.4 Å². The van der Waals surface area contributed by atoms with Crippen molar-refractivity contribution in [3.8, 4) is 34.4 Å².